The van der Waals surface area contributed by atoms with Crippen LogP contribution in [0.3, 0.4) is 0 Å². The number of aromatic nitrogens is 3. The van der Waals surface area contributed by atoms with E-state index in [1.54, 1.807) is 17.9 Å². The fourth-order valence-corrected chi connectivity index (χ4v) is 3.12. The molecule has 2 heterocycles. The second kappa shape index (κ2) is 6.46. The van der Waals surface area contributed by atoms with Gasteiger partial charge in [0.2, 0.25) is 0 Å². The summed E-state index contributed by atoms with van der Waals surface area (Å²) in [5, 5.41) is 9.60. The Labute approximate surface area is 156 Å². The average Bonchev–Trinajstić information content (AvgIpc) is 2.99. The van der Waals surface area contributed by atoms with Crippen LogP contribution < -0.4 is 10.5 Å². The van der Waals surface area contributed by atoms with E-state index in [1.807, 2.05) is 55.5 Å². The number of anilines is 1. The molecule has 2 N–H and O–H groups in total. The van der Waals surface area contributed by atoms with E-state index in [4.69, 9.17) is 15.5 Å². The van der Waals surface area contributed by atoms with Gasteiger partial charge in [0.05, 0.1) is 24.7 Å². The minimum Gasteiger partial charge on any atom is -0.497 e. The Morgan fingerprint density at radius 3 is 2.63 bits per heavy atom. The summed E-state index contributed by atoms with van der Waals surface area (Å²) in [5.41, 5.74) is 11.1. The number of aryl methyl sites for hydroxylation is 1. The number of benzene rings is 2. The number of rotatable bonds is 3. The van der Waals surface area contributed by atoms with Crippen LogP contribution in [0.2, 0.25) is 0 Å². The van der Waals surface area contributed by atoms with Crippen LogP contribution in [0.1, 0.15) is 11.1 Å². The lowest BCUT2D eigenvalue weighted by molar-refractivity contribution is 0.414. The van der Waals surface area contributed by atoms with Gasteiger partial charge in [-0.1, -0.05) is 36.4 Å². The van der Waals surface area contributed by atoms with Crippen molar-refractivity contribution in [2.24, 2.45) is 0 Å². The van der Waals surface area contributed by atoms with Crippen LogP contribution in [0.4, 0.5) is 5.82 Å². The molecule has 0 aliphatic carbocycles. The maximum Gasteiger partial charge on any atom is 0.167 e. The number of hydrogen-bond donors (Lipinski definition) is 1. The van der Waals surface area contributed by atoms with Gasteiger partial charge in [0.1, 0.15) is 28.7 Å². The number of methoxy groups -OCH3 is 1. The molecule has 0 fully saturated rings. The maximum atomic E-state index is 9.60. The molecule has 2 aromatic heterocycles. The molecular weight excluding hydrogens is 338 g/mol. The third-order valence-electron chi connectivity index (χ3n) is 4.54. The zero-order valence-corrected chi connectivity index (χ0v) is 15.0. The summed E-state index contributed by atoms with van der Waals surface area (Å²) >= 11 is 0. The SMILES string of the molecule is COc1ccc(C)c(-n2c(N)c(C#N)c3ncc(-c4ccccc4)nc32)c1. The quantitative estimate of drug-likeness (QED) is 0.603. The Bertz CT molecular complexity index is 1190. The van der Waals surface area contributed by atoms with Gasteiger partial charge in [0.25, 0.3) is 0 Å². The summed E-state index contributed by atoms with van der Waals surface area (Å²) in [4.78, 5) is 9.27. The molecule has 0 amide bonds. The number of fused-ring (bicyclic) bond motifs is 1. The summed E-state index contributed by atoms with van der Waals surface area (Å²) in [7, 11) is 1.61. The Morgan fingerprint density at radius 2 is 1.93 bits per heavy atom. The van der Waals surface area contributed by atoms with E-state index in [2.05, 4.69) is 11.1 Å². The largest absolute Gasteiger partial charge is 0.497 e. The van der Waals surface area contributed by atoms with Crippen LogP contribution in [-0.4, -0.2) is 21.6 Å². The molecule has 0 aliphatic heterocycles. The van der Waals surface area contributed by atoms with Crippen LogP contribution in [0.5, 0.6) is 5.75 Å². The van der Waals surface area contributed by atoms with Crippen LogP contribution in [0.25, 0.3) is 28.1 Å². The summed E-state index contributed by atoms with van der Waals surface area (Å²) in [6.07, 6.45) is 1.67. The second-order valence-electron chi connectivity index (χ2n) is 6.15. The molecule has 6 heteroatoms. The minimum absolute atomic E-state index is 0.314. The molecule has 6 nitrogen and oxygen atoms in total. The Hall–Kier alpha value is -3.85. The number of ether oxygens (including phenoxy) is 1. The van der Waals surface area contributed by atoms with Crippen LogP contribution >= 0.6 is 0 Å². The molecule has 0 aliphatic rings. The van der Waals surface area contributed by atoms with Crippen LogP contribution in [0.15, 0.2) is 54.7 Å². The number of nitrogen functional groups attached to an aromatic ring is 1. The summed E-state index contributed by atoms with van der Waals surface area (Å²) in [6.45, 7) is 1.97. The van der Waals surface area contributed by atoms with Gasteiger partial charge in [-0.15, -0.1) is 0 Å². The lowest BCUT2D eigenvalue weighted by Crippen LogP contribution is -2.04. The standard InChI is InChI=1S/C21H17N5O/c1-13-8-9-15(27-2)10-18(13)26-20(23)16(11-22)19-21(26)25-17(12-24-19)14-6-4-3-5-7-14/h3-10,12H,23H2,1-2H3. The molecule has 2 aromatic carbocycles. The topological polar surface area (TPSA) is 89.8 Å². The highest BCUT2D eigenvalue weighted by molar-refractivity contribution is 5.89. The van der Waals surface area contributed by atoms with E-state index in [0.717, 1.165) is 16.8 Å². The number of hydrogen-bond acceptors (Lipinski definition) is 5. The Kier molecular flexibility index (Phi) is 3.98. The van der Waals surface area contributed by atoms with Gasteiger partial charge in [-0.3, -0.25) is 4.57 Å². The third-order valence-corrected chi connectivity index (χ3v) is 4.54. The van der Waals surface area contributed by atoms with E-state index in [1.165, 1.54) is 0 Å². The molecule has 0 saturated carbocycles. The molecular formula is C21H17N5O. The lowest BCUT2D eigenvalue weighted by atomic mass is 10.1. The van der Waals surface area contributed by atoms with Gasteiger partial charge in [0, 0.05) is 11.6 Å². The summed E-state index contributed by atoms with van der Waals surface area (Å²) in [6, 6.07) is 17.6. The van der Waals surface area contributed by atoms with Crippen molar-refractivity contribution in [1.82, 2.24) is 14.5 Å². The predicted molar refractivity (Wildman–Crippen MR) is 105 cm³/mol. The number of nitrogens with two attached hydrogens (primary N) is 1. The molecule has 0 bridgehead atoms. The Balaban J connectivity index is 2.05. The summed E-state index contributed by atoms with van der Waals surface area (Å²) in [5.74, 6) is 1.01. The van der Waals surface area contributed by atoms with E-state index in [0.29, 0.717) is 34.0 Å². The van der Waals surface area contributed by atoms with E-state index in [9.17, 15) is 5.26 Å². The second-order valence-corrected chi connectivity index (χ2v) is 6.15. The first kappa shape index (κ1) is 16.6. The fourth-order valence-electron chi connectivity index (χ4n) is 3.12. The van der Waals surface area contributed by atoms with Gasteiger partial charge in [-0.05, 0) is 18.6 Å². The predicted octanol–water partition coefficient (Wildman–Crippen LogP) is 3.86. The van der Waals surface area contributed by atoms with Crippen molar-refractivity contribution in [2.45, 2.75) is 6.92 Å². The number of nitriles is 1. The first-order valence-corrected chi connectivity index (χ1v) is 8.41. The van der Waals surface area contributed by atoms with Gasteiger partial charge < -0.3 is 10.5 Å². The monoisotopic (exact) mass is 355 g/mol. The molecule has 0 atom stereocenters. The highest BCUT2D eigenvalue weighted by Gasteiger charge is 2.20. The summed E-state index contributed by atoms with van der Waals surface area (Å²) < 4.78 is 7.12. The van der Waals surface area contributed by atoms with Crippen molar-refractivity contribution in [1.29, 1.82) is 5.26 Å². The van der Waals surface area contributed by atoms with E-state index in [-0.39, 0.29) is 0 Å². The average molecular weight is 355 g/mol. The molecule has 0 spiro atoms. The Morgan fingerprint density at radius 1 is 1.15 bits per heavy atom. The zero-order valence-electron chi connectivity index (χ0n) is 15.0. The zero-order chi connectivity index (χ0) is 19.0. The molecule has 0 radical (unpaired) electrons. The minimum atomic E-state index is 0.314. The first-order valence-electron chi connectivity index (χ1n) is 8.41. The van der Waals surface area contributed by atoms with Crippen molar-refractivity contribution in [2.75, 3.05) is 12.8 Å². The molecule has 0 saturated heterocycles. The lowest BCUT2D eigenvalue weighted by Gasteiger charge is -2.12. The molecule has 132 valence electrons. The molecule has 4 rings (SSSR count). The van der Waals surface area contributed by atoms with Gasteiger partial charge >= 0.3 is 0 Å². The van der Waals surface area contributed by atoms with Gasteiger partial charge in [-0.2, -0.15) is 5.26 Å². The van der Waals surface area contributed by atoms with E-state index >= 15 is 0 Å². The van der Waals surface area contributed by atoms with Crippen molar-refractivity contribution >= 4 is 17.0 Å². The van der Waals surface area contributed by atoms with Crippen molar-refractivity contribution in [3.8, 4) is 28.8 Å². The van der Waals surface area contributed by atoms with Crippen molar-refractivity contribution < 1.29 is 4.74 Å². The smallest absolute Gasteiger partial charge is 0.167 e. The van der Waals surface area contributed by atoms with Crippen molar-refractivity contribution in [3.05, 3.63) is 65.9 Å². The third kappa shape index (κ3) is 2.66. The number of nitrogens with zero attached hydrogens (tertiary/aromatic N) is 4. The normalized spacial score (nSPS) is 10.7. The van der Waals surface area contributed by atoms with Gasteiger partial charge in [-0.25, -0.2) is 9.97 Å². The maximum absolute atomic E-state index is 9.60. The fraction of sp³-hybridized carbons (Fsp3) is 0.0952. The van der Waals surface area contributed by atoms with E-state index < -0.39 is 0 Å². The van der Waals surface area contributed by atoms with Crippen LogP contribution in [0, 0.1) is 18.3 Å². The highest BCUT2D eigenvalue weighted by Crippen LogP contribution is 2.32. The molecule has 4 aromatic rings. The van der Waals surface area contributed by atoms with Crippen LogP contribution in [-0.2, 0) is 0 Å². The molecule has 0 unspecified atom stereocenters. The highest BCUT2D eigenvalue weighted by atomic mass is 16.5. The molecule has 27 heavy (non-hydrogen) atoms. The van der Waals surface area contributed by atoms with Gasteiger partial charge in [0.15, 0.2) is 5.65 Å². The van der Waals surface area contributed by atoms with Crippen molar-refractivity contribution in [3.63, 3.8) is 0 Å². The first-order chi connectivity index (χ1) is 13.1.